The van der Waals surface area contributed by atoms with Crippen molar-refractivity contribution in [2.45, 2.75) is 19.4 Å². The molecule has 130 valence electrons. The summed E-state index contributed by atoms with van der Waals surface area (Å²) in [6, 6.07) is 17.4. The molecule has 2 aromatic carbocycles. The number of nitrogens with one attached hydrogen (secondary N) is 2. The fourth-order valence-corrected chi connectivity index (χ4v) is 2.99. The van der Waals surface area contributed by atoms with Gasteiger partial charge in [0, 0.05) is 28.7 Å². The first-order valence-electron chi connectivity index (χ1n) is 8.45. The molecule has 0 aliphatic heterocycles. The summed E-state index contributed by atoms with van der Waals surface area (Å²) >= 11 is 0. The van der Waals surface area contributed by atoms with E-state index >= 15 is 0 Å². The molecule has 0 spiro atoms. The molecule has 0 bridgehead atoms. The van der Waals surface area contributed by atoms with Crippen molar-refractivity contribution in [3.63, 3.8) is 0 Å². The van der Waals surface area contributed by atoms with E-state index in [-0.39, 0.29) is 17.8 Å². The van der Waals surface area contributed by atoms with Crippen LogP contribution in [0.15, 0.2) is 65.3 Å². The van der Waals surface area contributed by atoms with Crippen LogP contribution in [-0.4, -0.2) is 27.1 Å². The minimum atomic E-state index is -0.368. The Balaban J connectivity index is 1.44. The third-order valence-electron chi connectivity index (χ3n) is 4.23. The molecule has 6 heteroatoms. The zero-order valence-electron chi connectivity index (χ0n) is 14.3. The molecular weight excluding hydrogens is 328 g/mol. The number of carbonyl (C=O) groups excluding carboxylic acids is 1. The number of amides is 1. The first-order chi connectivity index (χ1) is 12.7. The van der Waals surface area contributed by atoms with Crippen molar-refractivity contribution in [1.29, 1.82) is 0 Å². The fraction of sp³-hybridized carbons (Fsp3) is 0.150. The molecule has 0 saturated heterocycles. The van der Waals surface area contributed by atoms with Crippen molar-refractivity contribution < 1.29 is 9.32 Å². The van der Waals surface area contributed by atoms with Gasteiger partial charge in [0.05, 0.1) is 0 Å². The summed E-state index contributed by atoms with van der Waals surface area (Å²) in [5, 5.41) is 7.96. The van der Waals surface area contributed by atoms with E-state index in [1.807, 2.05) is 61.7 Å². The van der Waals surface area contributed by atoms with E-state index < -0.39 is 0 Å². The molecule has 0 radical (unpaired) electrons. The van der Waals surface area contributed by atoms with Crippen molar-refractivity contribution in [1.82, 2.24) is 20.4 Å². The van der Waals surface area contributed by atoms with Crippen LogP contribution in [0.5, 0.6) is 0 Å². The topological polar surface area (TPSA) is 83.8 Å². The van der Waals surface area contributed by atoms with Crippen molar-refractivity contribution in [3.8, 4) is 11.4 Å². The maximum atomic E-state index is 12.4. The molecule has 1 atom stereocenters. The van der Waals surface area contributed by atoms with Crippen LogP contribution in [0.25, 0.3) is 22.3 Å². The summed E-state index contributed by atoms with van der Waals surface area (Å²) in [6.07, 6.45) is 2.68. The van der Waals surface area contributed by atoms with Crippen LogP contribution in [-0.2, 0) is 6.42 Å². The first kappa shape index (κ1) is 16.1. The van der Waals surface area contributed by atoms with E-state index in [0.29, 0.717) is 12.2 Å². The lowest BCUT2D eigenvalue weighted by Gasteiger charge is -2.11. The van der Waals surface area contributed by atoms with Crippen LogP contribution in [0.4, 0.5) is 0 Å². The van der Waals surface area contributed by atoms with Gasteiger partial charge in [0.25, 0.3) is 0 Å². The lowest BCUT2D eigenvalue weighted by Crippen LogP contribution is -2.34. The first-order valence-corrected chi connectivity index (χ1v) is 8.45. The predicted molar refractivity (Wildman–Crippen MR) is 98.7 cm³/mol. The second-order valence-corrected chi connectivity index (χ2v) is 6.23. The number of benzene rings is 2. The summed E-state index contributed by atoms with van der Waals surface area (Å²) in [6.45, 7) is 1.95. The molecule has 2 N–H and O–H groups in total. The highest BCUT2D eigenvalue weighted by atomic mass is 16.5. The Bertz CT molecular complexity index is 1040. The normalized spacial score (nSPS) is 12.2. The molecule has 0 fully saturated rings. The lowest BCUT2D eigenvalue weighted by molar-refractivity contribution is 0.0896. The maximum Gasteiger partial charge on any atom is 0.316 e. The van der Waals surface area contributed by atoms with Crippen LogP contribution >= 0.6 is 0 Å². The molecule has 4 aromatic rings. The van der Waals surface area contributed by atoms with Crippen molar-refractivity contribution in [3.05, 3.63) is 72.2 Å². The Morgan fingerprint density at radius 1 is 1.15 bits per heavy atom. The average molecular weight is 346 g/mol. The van der Waals surface area contributed by atoms with Gasteiger partial charge in [-0.05, 0) is 25.0 Å². The molecule has 0 saturated carbocycles. The van der Waals surface area contributed by atoms with Crippen molar-refractivity contribution in [2.75, 3.05) is 0 Å². The number of para-hydroxylation sites is 1. The summed E-state index contributed by atoms with van der Waals surface area (Å²) in [5.74, 6) is 0.00156. The van der Waals surface area contributed by atoms with Crippen LogP contribution < -0.4 is 5.32 Å². The molecule has 1 amide bonds. The second kappa shape index (κ2) is 6.84. The molecule has 0 unspecified atom stereocenters. The summed E-state index contributed by atoms with van der Waals surface area (Å²) in [5.41, 5.74) is 3.05. The highest BCUT2D eigenvalue weighted by Crippen LogP contribution is 2.19. The predicted octanol–water partition coefficient (Wildman–Crippen LogP) is 3.58. The standard InChI is InChI=1S/C20H18N4O2/c1-13(11-15-12-21-17-10-6-5-9-16(15)17)22-19(25)20-23-18(24-26-20)14-7-3-2-4-8-14/h2-10,12-13,21H,11H2,1H3,(H,22,25)/t13-/m1/s1. The number of rotatable bonds is 5. The highest BCUT2D eigenvalue weighted by molar-refractivity contribution is 5.90. The number of fused-ring (bicyclic) bond motifs is 1. The van der Waals surface area contributed by atoms with Gasteiger partial charge < -0.3 is 14.8 Å². The number of aromatic amines is 1. The van der Waals surface area contributed by atoms with Gasteiger partial charge in [-0.1, -0.05) is 53.7 Å². The van der Waals surface area contributed by atoms with Gasteiger partial charge in [0.1, 0.15) is 0 Å². The largest absolute Gasteiger partial charge is 0.361 e. The molecule has 2 aromatic heterocycles. The van der Waals surface area contributed by atoms with Crippen LogP contribution in [0, 0.1) is 0 Å². The van der Waals surface area contributed by atoms with Gasteiger partial charge in [0.15, 0.2) is 0 Å². The van der Waals surface area contributed by atoms with E-state index in [4.69, 9.17) is 4.52 Å². The highest BCUT2D eigenvalue weighted by Gasteiger charge is 2.18. The third-order valence-corrected chi connectivity index (χ3v) is 4.23. The number of nitrogens with zero attached hydrogens (tertiary/aromatic N) is 2. The molecule has 2 heterocycles. The smallest absolute Gasteiger partial charge is 0.316 e. The van der Waals surface area contributed by atoms with Gasteiger partial charge in [-0.3, -0.25) is 4.79 Å². The van der Waals surface area contributed by atoms with E-state index in [2.05, 4.69) is 26.5 Å². The number of hydrogen-bond acceptors (Lipinski definition) is 4. The lowest BCUT2D eigenvalue weighted by atomic mass is 10.1. The molecule has 6 nitrogen and oxygen atoms in total. The molecule has 26 heavy (non-hydrogen) atoms. The zero-order valence-corrected chi connectivity index (χ0v) is 14.3. The monoisotopic (exact) mass is 346 g/mol. The van der Waals surface area contributed by atoms with Crippen LogP contribution in [0.2, 0.25) is 0 Å². The number of hydrogen-bond donors (Lipinski definition) is 2. The SMILES string of the molecule is C[C@H](Cc1c[nH]c2ccccc12)NC(=O)c1nc(-c2ccccc2)no1. The van der Waals surface area contributed by atoms with E-state index in [1.54, 1.807) is 0 Å². The Morgan fingerprint density at radius 3 is 2.77 bits per heavy atom. The van der Waals surface area contributed by atoms with Gasteiger partial charge in [0.2, 0.25) is 5.82 Å². The Hall–Kier alpha value is -3.41. The number of aromatic nitrogens is 3. The summed E-state index contributed by atoms with van der Waals surface area (Å²) < 4.78 is 5.11. The zero-order chi connectivity index (χ0) is 17.9. The average Bonchev–Trinajstić information content (AvgIpc) is 3.30. The van der Waals surface area contributed by atoms with Crippen molar-refractivity contribution in [2.24, 2.45) is 0 Å². The van der Waals surface area contributed by atoms with E-state index in [9.17, 15) is 4.79 Å². The molecular formula is C20H18N4O2. The molecule has 0 aliphatic rings. The van der Waals surface area contributed by atoms with Crippen molar-refractivity contribution >= 4 is 16.8 Å². The second-order valence-electron chi connectivity index (χ2n) is 6.23. The van der Waals surface area contributed by atoms with Gasteiger partial charge in [-0.2, -0.15) is 4.98 Å². The molecule has 0 aliphatic carbocycles. The minimum Gasteiger partial charge on any atom is -0.361 e. The minimum absolute atomic E-state index is 0.0328. The Kier molecular flexibility index (Phi) is 4.23. The van der Waals surface area contributed by atoms with Gasteiger partial charge >= 0.3 is 11.8 Å². The van der Waals surface area contributed by atoms with E-state index in [0.717, 1.165) is 22.0 Å². The molecule has 4 rings (SSSR count). The summed E-state index contributed by atoms with van der Waals surface area (Å²) in [4.78, 5) is 19.8. The maximum absolute atomic E-state index is 12.4. The Morgan fingerprint density at radius 2 is 1.92 bits per heavy atom. The number of H-pyrrole nitrogens is 1. The van der Waals surface area contributed by atoms with Gasteiger partial charge in [-0.25, -0.2) is 0 Å². The third kappa shape index (κ3) is 3.21. The van der Waals surface area contributed by atoms with Crippen LogP contribution in [0.1, 0.15) is 23.2 Å². The summed E-state index contributed by atoms with van der Waals surface area (Å²) in [7, 11) is 0. The Labute approximate surface area is 150 Å². The number of carbonyl (C=O) groups is 1. The van der Waals surface area contributed by atoms with Crippen LogP contribution in [0.3, 0.4) is 0 Å². The fourth-order valence-electron chi connectivity index (χ4n) is 2.99. The van der Waals surface area contributed by atoms with Gasteiger partial charge in [-0.15, -0.1) is 0 Å². The quantitative estimate of drug-likeness (QED) is 0.578. The van der Waals surface area contributed by atoms with E-state index in [1.165, 1.54) is 0 Å².